The molecule has 90 valence electrons. The third-order valence-corrected chi connectivity index (χ3v) is 4.02. The number of rotatable bonds is 3. The van der Waals surface area contributed by atoms with E-state index in [0.29, 0.717) is 5.69 Å². The molecule has 0 unspecified atom stereocenters. The van der Waals surface area contributed by atoms with Crippen molar-refractivity contribution in [1.82, 2.24) is 4.72 Å². The maximum atomic E-state index is 11.9. The Balaban J connectivity index is 3.25. The monoisotopic (exact) mass is 242 g/mol. The molecule has 0 aliphatic carbocycles. The van der Waals surface area contributed by atoms with Gasteiger partial charge in [-0.1, -0.05) is 0 Å². The van der Waals surface area contributed by atoms with Crippen LogP contribution in [0.2, 0.25) is 0 Å². The minimum absolute atomic E-state index is 0.132. The number of sulfonamides is 1. The van der Waals surface area contributed by atoms with Gasteiger partial charge in [-0.05, 0) is 51.0 Å². The van der Waals surface area contributed by atoms with E-state index in [0.717, 1.165) is 11.1 Å². The van der Waals surface area contributed by atoms with Gasteiger partial charge in [0.2, 0.25) is 10.0 Å². The normalized spacial score (nSPS) is 12.1. The summed E-state index contributed by atoms with van der Waals surface area (Å²) < 4.78 is 26.3. The van der Waals surface area contributed by atoms with Gasteiger partial charge >= 0.3 is 0 Å². The molecule has 0 atom stereocenters. The molecule has 1 aromatic carbocycles. The summed E-state index contributed by atoms with van der Waals surface area (Å²) in [5, 5.41) is 0. The summed E-state index contributed by atoms with van der Waals surface area (Å²) in [6.45, 7) is 7.28. The SMILES string of the molecule is Cc1cc(S(=O)(=O)NC(C)C)cc(N)c1C. The molecule has 0 fully saturated rings. The summed E-state index contributed by atoms with van der Waals surface area (Å²) in [5.74, 6) is 0. The average Bonchev–Trinajstić information content (AvgIpc) is 2.11. The lowest BCUT2D eigenvalue weighted by molar-refractivity contribution is 0.570. The summed E-state index contributed by atoms with van der Waals surface area (Å²) >= 11 is 0. The highest BCUT2D eigenvalue weighted by molar-refractivity contribution is 7.89. The number of hydrogen-bond donors (Lipinski definition) is 2. The molecule has 0 aromatic heterocycles. The van der Waals surface area contributed by atoms with E-state index in [-0.39, 0.29) is 10.9 Å². The minimum Gasteiger partial charge on any atom is -0.398 e. The number of aryl methyl sites for hydroxylation is 1. The van der Waals surface area contributed by atoms with Gasteiger partial charge in [0.1, 0.15) is 0 Å². The van der Waals surface area contributed by atoms with Gasteiger partial charge < -0.3 is 5.73 Å². The minimum atomic E-state index is -3.45. The van der Waals surface area contributed by atoms with E-state index in [1.54, 1.807) is 19.9 Å². The van der Waals surface area contributed by atoms with Crippen molar-refractivity contribution in [3.05, 3.63) is 23.3 Å². The first-order valence-electron chi connectivity index (χ1n) is 5.13. The summed E-state index contributed by atoms with van der Waals surface area (Å²) in [4.78, 5) is 0.224. The predicted molar refractivity (Wildman–Crippen MR) is 65.8 cm³/mol. The smallest absolute Gasteiger partial charge is 0.240 e. The standard InChI is InChI=1S/C11H18N2O2S/c1-7(2)13-16(14,15)10-5-8(3)9(4)11(12)6-10/h5-7,13H,12H2,1-4H3. The van der Waals surface area contributed by atoms with Gasteiger partial charge in [-0.3, -0.25) is 0 Å². The molecular formula is C11H18N2O2S. The zero-order chi connectivity index (χ0) is 12.5. The van der Waals surface area contributed by atoms with Crippen molar-refractivity contribution in [2.24, 2.45) is 0 Å². The quantitative estimate of drug-likeness (QED) is 0.790. The molecule has 3 N–H and O–H groups in total. The van der Waals surface area contributed by atoms with Gasteiger partial charge in [-0.25, -0.2) is 13.1 Å². The molecule has 1 rings (SSSR count). The molecule has 0 heterocycles. The molecule has 0 aliphatic heterocycles. The number of anilines is 1. The Labute approximate surface area is 96.9 Å². The van der Waals surface area contributed by atoms with Crippen LogP contribution in [0.15, 0.2) is 17.0 Å². The Morgan fingerprint density at radius 3 is 2.25 bits per heavy atom. The van der Waals surface area contributed by atoms with E-state index in [1.165, 1.54) is 6.07 Å². The number of nitrogens with one attached hydrogen (secondary N) is 1. The fourth-order valence-electron chi connectivity index (χ4n) is 1.39. The third-order valence-electron chi connectivity index (χ3n) is 2.38. The number of hydrogen-bond acceptors (Lipinski definition) is 3. The molecule has 0 saturated carbocycles. The van der Waals surface area contributed by atoms with Gasteiger partial charge in [-0.15, -0.1) is 0 Å². The topological polar surface area (TPSA) is 72.2 Å². The summed E-state index contributed by atoms with van der Waals surface area (Å²) in [5.41, 5.74) is 8.06. The van der Waals surface area contributed by atoms with Gasteiger partial charge in [0.05, 0.1) is 4.90 Å². The molecular weight excluding hydrogens is 224 g/mol. The van der Waals surface area contributed by atoms with Crippen LogP contribution < -0.4 is 10.5 Å². The lowest BCUT2D eigenvalue weighted by Gasteiger charge is -2.12. The first kappa shape index (κ1) is 13.0. The fourth-order valence-corrected chi connectivity index (χ4v) is 2.76. The molecule has 0 bridgehead atoms. The first-order valence-corrected chi connectivity index (χ1v) is 6.61. The molecule has 0 aliphatic rings. The van der Waals surface area contributed by atoms with Crippen LogP contribution in [0.3, 0.4) is 0 Å². The van der Waals surface area contributed by atoms with E-state index in [1.807, 2.05) is 13.8 Å². The van der Waals surface area contributed by atoms with Crippen molar-refractivity contribution in [3.8, 4) is 0 Å². The highest BCUT2D eigenvalue weighted by Gasteiger charge is 2.16. The predicted octanol–water partition coefficient (Wildman–Crippen LogP) is 1.57. The van der Waals surface area contributed by atoms with Crippen molar-refractivity contribution in [1.29, 1.82) is 0 Å². The van der Waals surface area contributed by atoms with Crippen LogP contribution >= 0.6 is 0 Å². The van der Waals surface area contributed by atoms with Crippen molar-refractivity contribution in [2.75, 3.05) is 5.73 Å². The van der Waals surface area contributed by atoms with Crippen LogP contribution in [-0.4, -0.2) is 14.5 Å². The highest BCUT2D eigenvalue weighted by atomic mass is 32.2. The van der Waals surface area contributed by atoms with Crippen LogP contribution in [-0.2, 0) is 10.0 Å². The zero-order valence-corrected chi connectivity index (χ0v) is 10.9. The van der Waals surface area contributed by atoms with Gasteiger partial charge in [0, 0.05) is 11.7 Å². The zero-order valence-electron chi connectivity index (χ0n) is 10.0. The Morgan fingerprint density at radius 2 is 1.81 bits per heavy atom. The van der Waals surface area contributed by atoms with E-state index in [2.05, 4.69) is 4.72 Å². The van der Waals surface area contributed by atoms with Crippen LogP contribution in [0.4, 0.5) is 5.69 Å². The van der Waals surface area contributed by atoms with Gasteiger partial charge in [0.25, 0.3) is 0 Å². The van der Waals surface area contributed by atoms with E-state index in [9.17, 15) is 8.42 Å². The summed E-state index contributed by atoms with van der Waals surface area (Å²) in [7, 11) is -3.45. The second kappa shape index (κ2) is 4.43. The molecule has 4 nitrogen and oxygen atoms in total. The lowest BCUT2D eigenvalue weighted by atomic mass is 10.1. The molecule has 0 radical (unpaired) electrons. The Bertz CT molecular complexity index is 470. The van der Waals surface area contributed by atoms with Crippen molar-refractivity contribution in [3.63, 3.8) is 0 Å². The van der Waals surface area contributed by atoms with E-state index < -0.39 is 10.0 Å². The molecule has 0 amide bonds. The van der Waals surface area contributed by atoms with Crippen molar-refractivity contribution >= 4 is 15.7 Å². The van der Waals surface area contributed by atoms with Gasteiger partial charge in [-0.2, -0.15) is 0 Å². The Hall–Kier alpha value is -1.07. The molecule has 0 spiro atoms. The largest absolute Gasteiger partial charge is 0.398 e. The maximum absolute atomic E-state index is 11.9. The third kappa shape index (κ3) is 2.74. The van der Waals surface area contributed by atoms with E-state index >= 15 is 0 Å². The van der Waals surface area contributed by atoms with E-state index in [4.69, 9.17) is 5.73 Å². The van der Waals surface area contributed by atoms with Crippen LogP contribution in [0.25, 0.3) is 0 Å². The number of nitrogens with two attached hydrogens (primary N) is 1. The van der Waals surface area contributed by atoms with Crippen molar-refractivity contribution in [2.45, 2.75) is 38.6 Å². The number of nitrogen functional groups attached to an aromatic ring is 1. The second-order valence-electron chi connectivity index (χ2n) is 4.23. The molecule has 1 aromatic rings. The summed E-state index contributed by atoms with van der Waals surface area (Å²) in [6.07, 6.45) is 0. The molecule has 0 saturated heterocycles. The molecule has 5 heteroatoms. The summed E-state index contributed by atoms with van der Waals surface area (Å²) in [6, 6.07) is 3.00. The van der Waals surface area contributed by atoms with Crippen LogP contribution in [0.5, 0.6) is 0 Å². The lowest BCUT2D eigenvalue weighted by Crippen LogP contribution is -2.30. The first-order chi connectivity index (χ1) is 7.24. The van der Waals surface area contributed by atoms with Crippen LogP contribution in [0.1, 0.15) is 25.0 Å². The highest BCUT2D eigenvalue weighted by Crippen LogP contribution is 2.21. The van der Waals surface area contributed by atoms with Gasteiger partial charge in [0.15, 0.2) is 0 Å². The number of benzene rings is 1. The Morgan fingerprint density at radius 1 is 1.25 bits per heavy atom. The van der Waals surface area contributed by atoms with Crippen LogP contribution in [0, 0.1) is 13.8 Å². The average molecular weight is 242 g/mol. The molecule has 16 heavy (non-hydrogen) atoms. The fraction of sp³-hybridized carbons (Fsp3) is 0.455. The van der Waals surface area contributed by atoms with Crippen molar-refractivity contribution < 1.29 is 8.42 Å². The second-order valence-corrected chi connectivity index (χ2v) is 5.94. The Kier molecular flexibility index (Phi) is 3.60. The maximum Gasteiger partial charge on any atom is 0.240 e.